The maximum absolute atomic E-state index is 8.20. The third-order valence-electron chi connectivity index (χ3n) is 5.57. The van der Waals surface area contributed by atoms with Crippen LogP contribution in [0, 0.1) is 34.4 Å². The summed E-state index contributed by atoms with van der Waals surface area (Å²) in [4.78, 5) is 0. The molecule has 150 valence electrons. The molecular formula is C29H30N+. The topological polar surface area (TPSA) is 3.88 Å². The molecule has 4 rings (SSSR count). The number of hydrogen-bond donors (Lipinski definition) is 0. The molecule has 0 atom stereocenters. The Hall–Kier alpha value is -3.19. The summed E-state index contributed by atoms with van der Waals surface area (Å²) in [5, 5.41) is 0. The summed E-state index contributed by atoms with van der Waals surface area (Å²) < 4.78 is 74.7. The minimum Gasteiger partial charge on any atom is -0.201 e. The van der Waals surface area contributed by atoms with Crippen molar-refractivity contribution in [1.29, 1.82) is 0 Å². The average Bonchev–Trinajstić information content (AvgIpc) is 2.83. The molecule has 1 heteroatoms. The number of aromatic nitrogens is 1. The lowest BCUT2D eigenvalue weighted by molar-refractivity contribution is -0.660. The van der Waals surface area contributed by atoms with Crippen molar-refractivity contribution in [2.45, 2.75) is 34.4 Å². The predicted molar refractivity (Wildman–Crippen MR) is 128 cm³/mol. The van der Waals surface area contributed by atoms with Gasteiger partial charge in [0.2, 0.25) is 5.69 Å². The quantitative estimate of drug-likeness (QED) is 0.324. The molecule has 0 aliphatic carbocycles. The van der Waals surface area contributed by atoms with Gasteiger partial charge in [0.05, 0.1) is 0 Å². The third-order valence-corrected chi connectivity index (χ3v) is 5.57. The predicted octanol–water partition coefficient (Wildman–Crippen LogP) is 7.05. The Bertz CT molecular complexity index is 1540. The summed E-state index contributed by atoms with van der Waals surface area (Å²) in [5.74, 6) is 0. The first-order chi connectivity index (χ1) is 18.0. The highest BCUT2D eigenvalue weighted by Gasteiger charge is 2.19. The van der Waals surface area contributed by atoms with E-state index in [9.17, 15) is 0 Å². The van der Waals surface area contributed by atoms with Crippen LogP contribution in [0.3, 0.4) is 0 Å². The number of hydrogen-bond acceptors (Lipinski definition) is 0. The van der Waals surface area contributed by atoms with Crippen molar-refractivity contribution in [3.05, 3.63) is 101 Å². The second-order valence-electron chi connectivity index (χ2n) is 7.67. The molecule has 1 aromatic heterocycles. The van der Waals surface area contributed by atoms with Crippen LogP contribution in [0.25, 0.3) is 33.5 Å². The fourth-order valence-electron chi connectivity index (χ4n) is 3.96. The van der Waals surface area contributed by atoms with Crippen LogP contribution in [0.4, 0.5) is 0 Å². The molecule has 0 saturated heterocycles. The molecule has 0 aliphatic rings. The van der Waals surface area contributed by atoms with Crippen LogP contribution in [-0.4, -0.2) is 0 Å². The first-order valence-electron chi connectivity index (χ1n) is 14.4. The van der Waals surface area contributed by atoms with Gasteiger partial charge in [0.25, 0.3) is 0 Å². The Morgan fingerprint density at radius 3 is 2.13 bits per heavy atom. The van der Waals surface area contributed by atoms with Gasteiger partial charge in [-0.1, -0.05) is 60.2 Å². The molecule has 0 amide bonds. The van der Waals surface area contributed by atoms with Crippen molar-refractivity contribution < 1.29 is 16.9 Å². The lowest BCUT2D eigenvalue weighted by atomic mass is 9.90. The molecule has 30 heavy (non-hydrogen) atoms. The van der Waals surface area contributed by atoms with Crippen LogP contribution in [0.2, 0.25) is 0 Å². The molecule has 1 nitrogen and oxygen atoms in total. The van der Waals surface area contributed by atoms with Gasteiger partial charge in [-0.15, -0.1) is 0 Å². The van der Waals surface area contributed by atoms with Gasteiger partial charge in [0, 0.05) is 29.5 Å². The Morgan fingerprint density at radius 1 is 0.633 bits per heavy atom. The number of rotatable bonds is 3. The molecule has 0 bridgehead atoms. The molecule has 0 aliphatic heterocycles. The summed E-state index contributed by atoms with van der Waals surface area (Å²) in [5.41, 5.74) is 5.41. The van der Waals surface area contributed by atoms with Gasteiger partial charge >= 0.3 is 0 Å². The van der Waals surface area contributed by atoms with E-state index in [0.717, 1.165) is 22.3 Å². The molecule has 1 heterocycles. The summed E-state index contributed by atoms with van der Waals surface area (Å²) in [6.07, 6.45) is 1.53. The minimum absolute atomic E-state index is 0.0460. The second-order valence-corrected chi connectivity index (χ2v) is 7.67. The highest BCUT2D eigenvalue weighted by molar-refractivity contribution is 5.80. The lowest BCUT2D eigenvalue weighted by Gasteiger charge is -2.15. The largest absolute Gasteiger partial charge is 0.213 e. The molecule has 0 spiro atoms. The molecule has 0 N–H and O–H groups in total. The minimum atomic E-state index is -2.49. The molecule has 3 aromatic carbocycles. The molecular weight excluding hydrogens is 362 g/mol. The highest BCUT2D eigenvalue weighted by Crippen LogP contribution is 2.34. The van der Waals surface area contributed by atoms with Crippen LogP contribution >= 0.6 is 0 Å². The van der Waals surface area contributed by atoms with Crippen LogP contribution in [-0.2, 0) is 7.05 Å². The van der Waals surface area contributed by atoms with Gasteiger partial charge < -0.3 is 0 Å². The van der Waals surface area contributed by atoms with Gasteiger partial charge in [-0.2, -0.15) is 0 Å². The zero-order chi connectivity index (χ0) is 28.9. The fourth-order valence-corrected chi connectivity index (χ4v) is 3.96. The molecule has 0 radical (unpaired) electrons. The van der Waals surface area contributed by atoms with Gasteiger partial charge in [0.15, 0.2) is 6.20 Å². The van der Waals surface area contributed by atoms with Crippen molar-refractivity contribution >= 4 is 0 Å². The Labute approximate surface area is 193 Å². The lowest BCUT2D eigenvalue weighted by Crippen LogP contribution is -2.31. The Balaban J connectivity index is 2.03. The first-order valence-corrected chi connectivity index (χ1v) is 9.85. The summed E-state index contributed by atoms with van der Waals surface area (Å²) >= 11 is 0. The number of benzene rings is 3. The van der Waals surface area contributed by atoms with Crippen molar-refractivity contribution in [2.75, 3.05) is 0 Å². The smallest absolute Gasteiger partial charge is 0.201 e. The molecule has 0 saturated carbocycles. The molecule has 4 aromatic rings. The van der Waals surface area contributed by atoms with Crippen molar-refractivity contribution in [2.24, 2.45) is 7.05 Å². The monoisotopic (exact) mass is 401 g/mol. The maximum Gasteiger partial charge on any atom is 0.213 e. The average molecular weight is 402 g/mol. The van der Waals surface area contributed by atoms with E-state index in [4.69, 9.17) is 12.3 Å². The van der Waals surface area contributed by atoms with E-state index in [2.05, 4.69) is 0 Å². The van der Waals surface area contributed by atoms with E-state index in [-0.39, 0.29) is 16.7 Å². The van der Waals surface area contributed by atoms with Crippen molar-refractivity contribution in [3.8, 4) is 33.5 Å². The van der Waals surface area contributed by atoms with Crippen LogP contribution < -0.4 is 4.57 Å². The van der Waals surface area contributed by atoms with Gasteiger partial charge in [0.1, 0.15) is 7.05 Å². The summed E-state index contributed by atoms with van der Waals surface area (Å²) in [6, 6.07) is 19.2. The van der Waals surface area contributed by atoms with E-state index in [1.54, 1.807) is 67.1 Å². The van der Waals surface area contributed by atoms with Crippen LogP contribution in [0.5, 0.6) is 0 Å². The van der Waals surface area contributed by atoms with Gasteiger partial charge in [-0.05, 0) is 79.4 Å². The number of aryl methyl sites for hydroxylation is 5. The standard InChI is InChI=1S/C29H30N/c1-19-14-15-25(21(3)16-19)28-17-29(30(6)18-22(28)4)27-13-9-12-26(23(27)5)24-11-8-7-10-20(24)2/h7-18H,1-6H3/q+1/i2D3,3D3,4D3. The highest BCUT2D eigenvalue weighted by atomic mass is 14.9. The van der Waals surface area contributed by atoms with Gasteiger partial charge in [-0.25, -0.2) is 4.57 Å². The van der Waals surface area contributed by atoms with E-state index in [1.165, 1.54) is 6.20 Å². The number of nitrogens with zero attached hydrogens (tertiary/aromatic N) is 1. The SMILES string of the molecule is [2H]C([2H])([2H])c1cc(C)ccc1-c1cc(-c2cccc(-c3ccccc3C([2H])([2H])[2H])c2C)[n+](C)cc1C([2H])([2H])[2H]. The van der Waals surface area contributed by atoms with Gasteiger partial charge in [-0.3, -0.25) is 0 Å². The fraction of sp³-hybridized carbons (Fsp3) is 0.207. The molecule has 0 fully saturated rings. The molecule has 0 unspecified atom stereocenters. The number of pyridine rings is 1. The summed E-state index contributed by atoms with van der Waals surface area (Å²) in [7, 11) is 1.75. The zero-order valence-electron chi connectivity index (χ0n) is 26.4. The maximum atomic E-state index is 8.20. The third kappa shape index (κ3) is 3.57. The van der Waals surface area contributed by atoms with Crippen molar-refractivity contribution in [1.82, 2.24) is 0 Å². The van der Waals surface area contributed by atoms with Crippen LogP contribution in [0.15, 0.2) is 72.9 Å². The Morgan fingerprint density at radius 2 is 1.33 bits per heavy atom. The van der Waals surface area contributed by atoms with E-state index < -0.39 is 20.6 Å². The van der Waals surface area contributed by atoms with E-state index in [0.29, 0.717) is 22.4 Å². The summed E-state index contributed by atoms with van der Waals surface area (Å²) in [6.45, 7) is -3.53. The second kappa shape index (κ2) is 7.91. The first kappa shape index (κ1) is 11.9. The normalized spacial score (nSPS) is 16.7. The van der Waals surface area contributed by atoms with Crippen molar-refractivity contribution in [3.63, 3.8) is 0 Å². The zero-order valence-corrected chi connectivity index (χ0v) is 17.4. The van der Waals surface area contributed by atoms with E-state index >= 15 is 0 Å². The van der Waals surface area contributed by atoms with Crippen LogP contribution in [0.1, 0.15) is 40.2 Å². The van der Waals surface area contributed by atoms with E-state index in [1.807, 2.05) is 25.1 Å². The Kier molecular flexibility index (Phi) is 3.13.